The summed E-state index contributed by atoms with van der Waals surface area (Å²) in [7, 11) is 1.50. The molecule has 2 atom stereocenters. The third-order valence-electron chi connectivity index (χ3n) is 6.29. The fourth-order valence-electron chi connectivity index (χ4n) is 4.60. The highest BCUT2D eigenvalue weighted by Crippen LogP contribution is 2.27. The Kier molecular flexibility index (Phi) is 8.53. The van der Waals surface area contributed by atoms with Gasteiger partial charge < -0.3 is 31.2 Å². The fourth-order valence-corrected chi connectivity index (χ4v) is 4.78. The molecule has 0 saturated carbocycles. The van der Waals surface area contributed by atoms with E-state index in [0.717, 1.165) is 60.0 Å². The molecule has 0 aliphatic carbocycles. The van der Waals surface area contributed by atoms with Crippen LogP contribution in [0.3, 0.4) is 0 Å². The lowest BCUT2D eigenvalue weighted by Gasteiger charge is -2.38. The normalized spacial score (nSPS) is 20.5. The Morgan fingerprint density at radius 2 is 2.03 bits per heavy atom. The number of aromatic amines is 1. The number of hydrogen-bond donors (Lipinski definition) is 4. The number of H-pyrrole nitrogens is 1. The average molecular weight is 457 g/mol. The minimum atomic E-state index is 0.383. The van der Waals surface area contributed by atoms with E-state index in [1.54, 1.807) is 0 Å². The van der Waals surface area contributed by atoms with Gasteiger partial charge in [-0.1, -0.05) is 31.3 Å². The van der Waals surface area contributed by atoms with Crippen LogP contribution in [0.4, 0.5) is 0 Å². The monoisotopic (exact) mass is 456 g/mol. The van der Waals surface area contributed by atoms with Crippen molar-refractivity contribution >= 4 is 22.5 Å². The van der Waals surface area contributed by atoms with Gasteiger partial charge >= 0.3 is 0 Å². The van der Waals surface area contributed by atoms with E-state index in [-0.39, 0.29) is 0 Å². The molecule has 0 amide bonds. The molecule has 32 heavy (non-hydrogen) atoms. The summed E-state index contributed by atoms with van der Waals surface area (Å²) in [5.74, 6) is 1.40. The van der Waals surface area contributed by atoms with Gasteiger partial charge in [0.2, 0.25) is 0 Å². The quantitative estimate of drug-likeness (QED) is 0.483. The van der Waals surface area contributed by atoms with Crippen LogP contribution >= 0.6 is 11.6 Å². The maximum absolute atomic E-state index is 6.08. The molecule has 2 fully saturated rings. The van der Waals surface area contributed by atoms with E-state index in [1.165, 1.54) is 25.6 Å². The molecule has 174 valence electrons. The number of aromatic nitrogens is 1. The van der Waals surface area contributed by atoms with Crippen LogP contribution in [-0.2, 0) is 6.54 Å². The predicted octanol–water partition coefficient (Wildman–Crippen LogP) is 3.99. The maximum Gasteiger partial charge on any atom is 0.0918 e. The minimum Gasteiger partial charge on any atom is -0.377 e. The molecule has 6 nitrogen and oxygen atoms in total. The van der Waals surface area contributed by atoms with Crippen LogP contribution in [0, 0.1) is 5.92 Å². The predicted molar refractivity (Wildman–Crippen MR) is 136 cm³/mol. The summed E-state index contributed by atoms with van der Waals surface area (Å²) >= 11 is 6.08. The zero-order valence-corrected chi connectivity index (χ0v) is 19.9. The van der Waals surface area contributed by atoms with E-state index in [2.05, 4.69) is 57.0 Å². The molecule has 0 radical (unpaired) electrons. The van der Waals surface area contributed by atoms with Crippen molar-refractivity contribution in [1.29, 1.82) is 0 Å². The van der Waals surface area contributed by atoms with Crippen molar-refractivity contribution in [2.24, 2.45) is 11.7 Å². The number of nitrogens with two attached hydrogens (primary N) is 1. The van der Waals surface area contributed by atoms with E-state index in [4.69, 9.17) is 11.6 Å². The maximum atomic E-state index is 6.08. The van der Waals surface area contributed by atoms with Crippen LogP contribution in [-0.4, -0.2) is 54.1 Å². The molecule has 2 unspecified atom stereocenters. The van der Waals surface area contributed by atoms with Crippen LogP contribution < -0.4 is 16.4 Å². The number of fused-ring (bicyclic) bond motifs is 1. The molecule has 2 aliphatic rings. The summed E-state index contributed by atoms with van der Waals surface area (Å²) < 4.78 is 0. The van der Waals surface area contributed by atoms with Crippen molar-refractivity contribution in [3.63, 3.8) is 0 Å². The Hall–Kier alpha value is -2.57. The highest BCUT2D eigenvalue weighted by atomic mass is 35.5. The van der Waals surface area contributed by atoms with Gasteiger partial charge in [0.25, 0.3) is 0 Å². The Balaban J connectivity index is 0.00000141. The van der Waals surface area contributed by atoms with Crippen LogP contribution in [0.15, 0.2) is 61.7 Å². The van der Waals surface area contributed by atoms with Crippen LogP contribution in [0.1, 0.15) is 25.0 Å². The summed E-state index contributed by atoms with van der Waals surface area (Å²) in [4.78, 5) is 8.18. The van der Waals surface area contributed by atoms with Gasteiger partial charge in [-0.05, 0) is 56.8 Å². The summed E-state index contributed by atoms with van der Waals surface area (Å²) in [6, 6.07) is 8.40. The Labute approximate surface area is 197 Å². The molecule has 0 bridgehead atoms. The van der Waals surface area contributed by atoms with Crippen molar-refractivity contribution in [3.8, 4) is 0 Å². The summed E-state index contributed by atoms with van der Waals surface area (Å²) in [6.07, 6.45) is 5.44. The topological polar surface area (TPSA) is 72.3 Å². The molecule has 1 aromatic carbocycles. The van der Waals surface area contributed by atoms with Crippen LogP contribution in [0.2, 0.25) is 5.02 Å². The molecule has 3 heterocycles. The van der Waals surface area contributed by atoms with E-state index >= 15 is 0 Å². The number of benzene rings is 1. The molecular weight excluding hydrogens is 420 g/mol. The first-order chi connectivity index (χ1) is 15.5. The van der Waals surface area contributed by atoms with E-state index in [9.17, 15) is 0 Å². The molecule has 1 aromatic heterocycles. The van der Waals surface area contributed by atoms with Crippen molar-refractivity contribution in [1.82, 2.24) is 25.4 Å². The zero-order chi connectivity index (χ0) is 23.1. The third kappa shape index (κ3) is 6.02. The molecule has 2 saturated heterocycles. The minimum absolute atomic E-state index is 0.383. The smallest absolute Gasteiger partial charge is 0.0918 e. The largest absolute Gasteiger partial charge is 0.377 e. The molecule has 0 spiro atoms. The van der Waals surface area contributed by atoms with Crippen molar-refractivity contribution in [3.05, 3.63) is 72.4 Å². The van der Waals surface area contributed by atoms with Gasteiger partial charge in [0.05, 0.1) is 12.4 Å². The van der Waals surface area contributed by atoms with Gasteiger partial charge in [-0.25, -0.2) is 0 Å². The molecule has 2 aliphatic heterocycles. The van der Waals surface area contributed by atoms with Gasteiger partial charge in [-0.3, -0.25) is 0 Å². The fraction of sp³-hybridized carbons (Fsp3) is 0.440. The number of rotatable bonds is 8. The lowest BCUT2D eigenvalue weighted by Crippen LogP contribution is -2.47. The Morgan fingerprint density at radius 1 is 1.22 bits per heavy atom. The number of likely N-dealkylation sites (tertiary alicyclic amines) is 2. The molecule has 4 rings (SSSR count). The summed E-state index contributed by atoms with van der Waals surface area (Å²) in [5.41, 5.74) is 7.99. The first-order valence-corrected chi connectivity index (χ1v) is 11.7. The lowest BCUT2D eigenvalue weighted by molar-refractivity contribution is 0.220. The van der Waals surface area contributed by atoms with Gasteiger partial charge in [-0.2, -0.15) is 0 Å². The van der Waals surface area contributed by atoms with Gasteiger partial charge in [0.1, 0.15) is 0 Å². The van der Waals surface area contributed by atoms with E-state index < -0.39 is 0 Å². The van der Waals surface area contributed by atoms with Crippen molar-refractivity contribution in [2.45, 2.75) is 31.8 Å². The van der Waals surface area contributed by atoms with Gasteiger partial charge in [-0.15, -0.1) is 0 Å². The summed E-state index contributed by atoms with van der Waals surface area (Å²) in [5, 5.41) is 8.86. The molecule has 5 N–H and O–H groups in total. The number of piperidine rings is 1. The molecular formula is C25H37ClN6. The standard InChI is InChI=1S/C24H32ClN5.CH5N/c1-4-29-11-9-19(15-29)17(2)30-10-5-6-22(16-30)27-18(3)26-14-23-13-20-12-21(25)7-8-24(20)28-23;1-2/h4,7-8,12-13,19,22,26-28H,1-3,5-6,9-11,14-16H2;2H2,1H3. The first-order valence-electron chi connectivity index (χ1n) is 11.4. The van der Waals surface area contributed by atoms with E-state index in [0.29, 0.717) is 18.5 Å². The Morgan fingerprint density at radius 3 is 2.78 bits per heavy atom. The van der Waals surface area contributed by atoms with Crippen molar-refractivity contribution in [2.75, 3.05) is 33.2 Å². The molecule has 2 aromatic rings. The highest BCUT2D eigenvalue weighted by molar-refractivity contribution is 6.31. The average Bonchev–Trinajstić information content (AvgIpc) is 3.45. The van der Waals surface area contributed by atoms with Gasteiger partial charge in [0, 0.05) is 65.5 Å². The van der Waals surface area contributed by atoms with Gasteiger partial charge in [0.15, 0.2) is 0 Å². The Bertz CT molecular complexity index is 936. The third-order valence-corrected chi connectivity index (χ3v) is 6.52. The SMILES string of the molecule is C=CN1CCC(C(=C)N2CCCC(NC(=C)NCc3cc4cc(Cl)ccc4[nH]3)C2)C1.CN. The number of halogens is 1. The van der Waals surface area contributed by atoms with Crippen LogP contribution in [0.5, 0.6) is 0 Å². The summed E-state index contributed by atoms with van der Waals surface area (Å²) in [6.45, 7) is 17.4. The second-order valence-electron chi connectivity index (χ2n) is 8.44. The van der Waals surface area contributed by atoms with Crippen LogP contribution in [0.25, 0.3) is 10.9 Å². The number of hydrogen-bond acceptors (Lipinski definition) is 5. The lowest BCUT2D eigenvalue weighted by atomic mass is 9.99. The second kappa shape index (κ2) is 11.3. The van der Waals surface area contributed by atoms with Crippen molar-refractivity contribution < 1.29 is 0 Å². The second-order valence-corrected chi connectivity index (χ2v) is 8.88. The van der Waals surface area contributed by atoms with E-state index in [1.807, 2.05) is 24.4 Å². The zero-order valence-electron chi connectivity index (χ0n) is 19.2. The molecule has 7 heteroatoms. The highest BCUT2D eigenvalue weighted by Gasteiger charge is 2.28. The first kappa shape index (κ1) is 24.1. The number of nitrogens with one attached hydrogen (secondary N) is 3. The number of nitrogens with zero attached hydrogens (tertiary/aromatic N) is 2.